The summed E-state index contributed by atoms with van der Waals surface area (Å²) in [7, 11) is 2.22. The van der Waals surface area contributed by atoms with E-state index >= 15 is 0 Å². The Morgan fingerprint density at radius 1 is 1.04 bits per heavy atom. The fourth-order valence-corrected chi connectivity index (χ4v) is 4.50. The molecule has 2 aliphatic rings. The molecule has 0 aliphatic carbocycles. The molecule has 0 amide bonds. The Balaban J connectivity index is 1.55. The van der Waals surface area contributed by atoms with E-state index in [1.807, 2.05) is 0 Å². The van der Waals surface area contributed by atoms with Crippen LogP contribution < -0.4 is 5.73 Å². The number of rotatable bonds is 7. The molecule has 3 rings (SSSR count). The van der Waals surface area contributed by atoms with Gasteiger partial charge in [-0.2, -0.15) is 0 Å². The highest BCUT2D eigenvalue weighted by atomic mass is 16.3. The number of likely N-dealkylation sites (N-methyl/N-ethyl adjacent to an activating group) is 1. The molecule has 26 heavy (non-hydrogen) atoms. The lowest BCUT2D eigenvalue weighted by Gasteiger charge is -2.26. The zero-order valence-electron chi connectivity index (χ0n) is 16.3. The summed E-state index contributed by atoms with van der Waals surface area (Å²) in [4.78, 5) is 7.57. The highest BCUT2D eigenvalue weighted by Gasteiger charge is 2.33. The largest absolute Gasteiger partial charge is 0.396 e. The van der Waals surface area contributed by atoms with Gasteiger partial charge in [-0.25, -0.2) is 0 Å². The third-order valence-electron chi connectivity index (χ3n) is 6.02. The van der Waals surface area contributed by atoms with Gasteiger partial charge in [0.2, 0.25) is 0 Å². The van der Waals surface area contributed by atoms with Crippen molar-refractivity contribution in [1.82, 2.24) is 14.7 Å². The summed E-state index contributed by atoms with van der Waals surface area (Å²) in [6.45, 7) is 9.94. The van der Waals surface area contributed by atoms with Crippen LogP contribution in [0.15, 0.2) is 24.3 Å². The van der Waals surface area contributed by atoms with Crippen molar-refractivity contribution in [2.24, 2.45) is 17.6 Å². The maximum absolute atomic E-state index is 9.89. The first-order chi connectivity index (χ1) is 12.7. The van der Waals surface area contributed by atoms with Crippen LogP contribution in [0.1, 0.15) is 17.5 Å². The number of nitrogens with zero attached hydrogens (tertiary/aromatic N) is 3. The Bertz CT molecular complexity index is 553. The van der Waals surface area contributed by atoms with Crippen molar-refractivity contribution >= 4 is 0 Å². The summed E-state index contributed by atoms with van der Waals surface area (Å²) in [6, 6.07) is 8.81. The second-order valence-corrected chi connectivity index (χ2v) is 8.21. The van der Waals surface area contributed by atoms with Crippen LogP contribution in [-0.2, 0) is 13.0 Å². The van der Waals surface area contributed by atoms with Crippen molar-refractivity contribution < 1.29 is 5.11 Å². The minimum Gasteiger partial charge on any atom is -0.396 e. The van der Waals surface area contributed by atoms with Crippen LogP contribution in [0.5, 0.6) is 0 Å². The predicted octanol–water partition coefficient (Wildman–Crippen LogP) is 0.866. The molecule has 0 spiro atoms. The monoisotopic (exact) mass is 360 g/mol. The third-order valence-corrected chi connectivity index (χ3v) is 6.02. The van der Waals surface area contributed by atoms with Crippen LogP contribution in [0.3, 0.4) is 0 Å². The number of aliphatic hydroxyl groups is 1. The van der Waals surface area contributed by atoms with Gasteiger partial charge in [-0.3, -0.25) is 4.90 Å². The van der Waals surface area contributed by atoms with E-state index < -0.39 is 0 Å². The molecule has 0 bridgehead atoms. The molecule has 2 heterocycles. The molecule has 2 aliphatic heterocycles. The Labute approximate surface area is 158 Å². The predicted molar refractivity (Wildman–Crippen MR) is 107 cm³/mol. The van der Waals surface area contributed by atoms with Crippen LogP contribution in [0.2, 0.25) is 0 Å². The van der Waals surface area contributed by atoms with E-state index in [1.54, 1.807) is 0 Å². The molecule has 1 aromatic carbocycles. The minimum absolute atomic E-state index is 0.308. The number of benzene rings is 1. The fourth-order valence-electron chi connectivity index (χ4n) is 4.50. The van der Waals surface area contributed by atoms with E-state index in [9.17, 15) is 5.11 Å². The molecular weight excluding hydrogens is 324 g/mol. The van der Waals surface area contributed by atoms with Gasteiger partial charge in [-0.05, 0) is 62.5 Å². The summed E-state index contributed by atoms with van der Waals surface area (Å²) in [5, 5.41) is 9.89. The zero-order chi connectivity index (χ0) is 18.4. The van der Waals surface area contributed by atoms with Gasteiger partial charge >= 0.3 is 0 Å². The molecule has 0 aromatic heterocycles. The summed E-state index contributed by atoms with van der Waals surface area (Å²) < 4.78 is 0. The van der Waals surface area contributed by atoms with Gasteiger partial charge in [0.15, 0.2) is 0 Å². The highest BCUT2D eigenvalue weighted by molar-refractivity contribution is 5.23. The smallest absolute Gasteiger partial charge is 0.0475 e. The topological polar surface area (TPSA) is 56.0 Å². The second-order valence-electron chi connectivity index (χ2n) is 8.21. The quantitative estimate of drug-likeness (QED) is 0.756. The second kappa shape index (κ2) is 9.81. The Morgan fingerprint density at radius 3 is 2.65 bits per heavy atom. The molecule has 1 aromatic rings. The molecule has 5 nitrogen and oxygen atoms in total. The van der Waals surface area contributed by atoms with Gasteiger partial charge < -0.3 is 20.6 Å². The van der Waals surface area contributed by atoms with Crippen molar-refractivity contribution in [3.8, 4) is 0 Å². The van der Waals surface area contributed by atoms with Crippen molar-refractivity contribution in [2.75, 3.05) is 66.0 Å². The highest BCUT2D eigenvalue weighted by Crippen LogP contribution is 2.26. The van der Waals surface area contributed by atoms with Crippen LogP contribution in [0, 0.1) is 11.8 Å². The molecule has 146 valence electrons. The molecular formula is C21H36N4O. The first kappa shape index (κ1) is 19.8. The Morgan fingerprint density at radius 2 is 1.85 bits per heavy atom. The molecule has 5 heteroatoms. The van der Waals surface area contributed by atoms with E-state index in [1.165, 1.54) is 30.6 Å². The molecule has 0 radical (unpaired) electrons. The number of likely N-dealkylation sites (tertiary alicyclic amines) is 1. The van der Waals surface area contributed by atoms with Gasteiger partial charge in [0.25, 0.3) is 0 Å². The first-order valence-corrected chi connectivity index (χ1v) is 10.2. The summed E-state index contributed by atoms with van der Waals surface area (Å²) in [6.07, 6.45) is 2.20. The minimum atomic E-state index is 0.308. The van der Waals surface area contributed by atoms with Gasteiger partial charge in [-0.1, -0.05) is 24.3 Å². The summed E-state index contributed by atoms with van der Waals surface area (Å²) in [5.41, 5.74) is 8.38. The molecule has 2 atom stereocenters. The lowest BCUT2D eigenvalue weighted by molar-refractivity contribution is 0.165. The summed E-state index contributed by atoms with van der Waals surface area (Å²) in [5.74, 6) is 0.985. The first-order valence-electron chi connectivity index (χ1n) is 10.2. The normalized spacial score (nSPS) is 26.3. The standard InChI is InChI=1S/C21H36N4O/c1-23-8-3-9-24(11-10-23)14-20-15-25(16-21(20)17-26)13-19-5-2-4-18(12-19)6-7-22/h2,4-5,12,20-21,26H,3,6-11,13-17,22H2,1H3. The molecule has 2 unspecified atom stereocenters. The maximum atomic E-state index is 9.89. The Kier molecular flexibility index (Phi) is 7.46. The van der Waals surface area contributed by atoms with Crippen molar-refractivity contribution in [2.45, 2.75) is 19.4 Å². The van der Waals surface area contributed by atoms with E-state index in [2.05, 4.69) is 46.0 Å². The van der Waals surface area contributed by atoms with Crippen LogP contribution >= 0.6 is 0 Å². The number of hydrogen-bond donors (Lipinski definition) is 2. The molecule has 3 N–H and O–H groups in total. The molecule has 2 fully saturated rings. The van der Waals surface area contributed by atoms with Gasteiger partial charge in [-0.15, -0.1) is 0 Å². The lowest BCUT2D eigenvalue weighted by Crippen LogP contribution is -2.36. The van der Waals surface area contributed by atoms with Gasteiger partial charge in [0.1, 0.15) is 0 Å². The van der Waals surface area contributed by atoms with Crippen molar-refractivity contribution in [1.29, 1.82) is 0 Å². The third kappa shape index (κ3) is 5.51. The van der Waals surface area contributed by atoms with Gasteiger partial charge in [0, 0.05) is 45.9 Å². The van der Waals surface area contributed by atoms with Crippen LogP contribution in [-0.4, -0.2) is 85.8 Å². The fraction of sp³-hybridized carbons (Fsp3) is 0.714. The maximum Gasteiger partial charge on any atom is 0.0475 e. The Hall–Kier alpha value is -0.980. The zero-order valence-corrected chi connectivity index (χ0v) is 16.3. The van der Waals surface area contributed by atoms with Crippen LogP contribution in [0.25, 0.3) is 0 Å². The average molecular weight is 361 g/mol. The molecule has 0 saturated carbocycles. The van der Waals surface area contributed by atoms with E-state index in [0.717, 1.165) is 45.7 Å². The van der Waals surface area contributed by atoms with E-state index in [0.29, 0.717) is 25.0 Å². The van der Waals surface area contributed by atoms with Crippen molar-refractivity contribution in [3.63, 3.8) is 0 Å². The van der Waals surface area contributed by atoms with Crippen molar-refractivity contribution in [3.05, 3.63) is 35.4 Å². The molecule has 2 saturated heterocycles. The number of aliphatic hydroxyl groups excluding tert-OH is 1. The summed E-state index contributed by atoms with van der Waals surface area (Å²) >= 11 is 0. The van der Waals surface area contributed by atoms with E-state index in [-0.39, 0.29) is 0 Å². The van der Waals surface area contributed by atoms with Gasteiger partial charge in [0.05, 0.1) is 0 Å². The lowest BCUT2D eigenvalue weighted by atomic mass is 9.96. The number of nitrogens with two attached hydrogens (primary N) is 1. The number of hydrogen-bond acceptors (Lipinski definition) is 5. The average Bonchev–Trinajstić information content (AvgIpc) is 2.89. The van der Waals surface area contributed by atoms with Crippen LogP contribution in [0.4, 0.5) is 0 Å². The van der Waals surface area contributed by atoms with E-state index in [4.69, 9.17) is 5.73 Å². The SMILES string of the molecule is CN1CCCN(CC2CN(Cc3cccc(CCN)c3)CC2CO)CC1.